The van der Waals surface area contributed by atoms with E-state index < -0.39 is 5.97 Å². The van der Waals surface area contributed by atoms with Crippen molar-refractivity contribution in [1.82, 2.24) is 25.2 Å². The van der Waals surface area contributed by atoms with E-state index in [9.17, 15) is 14.0 Å². The van der Waals surface area contributed by atoms with Gasteiger partial charge >= 0.3 is 5.97 Å². The van der Waals surface area contributed by atoms with Crippen LogP contribution < -0.4 is 5.32 Å². The number of hydrogen-bond donors (Lipinski definition) is 1. The van der Waals surface area contributed by atoms with Gasteiger partial charge in [0.1, 0.15) is 5.82 Å². The van der Waals surface area contributed by atoms with Crippen LogP contribution in [0.15, 0.2) is 48.7 Å². The summed E-state index contributed by atoms with van der Waals surface area (Å²) < 4.78 is 19.5. The van der Waals surface area contributed by atoms with E-state index in [1.807, 2.05) is 0 Å². The van der Waals surface area contributed by atoms with Crippen molar-refractivity contribution < 1.29 is 18.7 Å². The van der Waals surface area contributed by atoms with Crippen LogP contribution in [0, 0.1) is 19.7 Å². The predicted octanol–water partition coefficient (Wildman–Crippen LogP) is 3.00. The molecule has 0 spiro atoms. The van der Waals surface area contributed by atoms with Crippen LogP contribution in [-0.4, -0.2) is 58.0 Å². The summed E-state index contributed by atoms with van der Waals surface area (Å²) in [6.07, 6.45) is 2.72. The summed E-state index contributed by atoms with van der Waals surface area (Å²) in [5.41, 5.74) is 4.63. The summed E-state index contributed by atoms with van der Waals surface area (Å²) in [7, 11) is 1.30. The molecule has 9 heteroatoms. The largest absolute Gasteiger partial charge is 0.464 e. The van der Waals surface area contributed by atoms with Gasteiger partial charge in [-0.25, -0.2) is 13.9 Å². The van der Waals surface area contributed by atoms with E-state index in [0.29, 0.717) is 32.5 Å². The van der Waals surface area contributed by atoms with Crippen molar-refractivity contribution in [3.05, 3.63) is 82.4 Å². The Morgan fingerprint density at radius 1 is 1.17 bits per heavy atom. The van der Waals surface area contributed by atoms with Crippen LogP contribution in [0.25, 0.3) is 0 Å². The number of halogens is 1. The van der Waals surface area contributed by atoms with Gasteiger partial charge in [0, 0.05) is 19.6 Å². The topological polar surface area (TPSA) is 89.4 Å². The van der Waals surface area contributed by atoms with Crippen molar-refractivity contribution >= 4 is 11.9 Å². The second kappa shape index (κ2) is 10.8. The second-order valence-electron chi connectivity index (χ2n) is 9.01. The predicted molar refractivity (Wildman–Crippen MR) is 128 cm³/mol. The number of hydrogen-bond acceptors (Lipinski definition) is 6. The fourth-order valence-electron chi connectivity index (χ4n) is 4.51. The van der Waals surface area contributed by atoms with Gasteiger partial charge in [0.2, 0.25) is 5.91 Å². The Balaban J connectivity index is 1.47. The number of ether oxygens (including phenoxy) is 1. The normalized spacial score (nSPS) is 17.9. The second-order valence-corrected chi connectivity index (χ2v) is 9.01. The van der Waals surface area contributed by atoms with Crippen molar-refractivity contribution in [2.24, 2.45) is 0 Å². The third-order valence-electron chi connectivity index (χ3n) is 6.46. The maximum Gasteiger partial charge on any atom is 0.360 e. The number of carbonyl (C=O) groups excluding carboxylic acids is 2. The highest BCUT2D eigenvalue weighted by atomic mass is 19.1. The van der Waals surface area contributed by atoms with Crippen molar-refractivity contribution in [3.8, 4) is 0 Å². The number of methoxy groups -OCH3 is 1. The van der Waals surface area contributed by atoms with Gasteiger partial charge in [-0.1, -0.05) is 41.1 Å². The average Bonchev–Trinajstić information content (AvgIpc) is 3.49. The standard InChI is InChI=1S/C26H30FN5O3/c1-17-4-7-20(18(2)12-17)14-31-15-22(32-16-23(29-30-32)26(34)35-3)13-24(31)25(33)28-11-10-19-5-8-21(27)9-6-19/h4-9,12,16,22,24H,10-11,13-15H2,1-3H3,(H,28,33)/t22-,24+/m1/s1. The molecular weight excluding hydrogens is 449 g/mol. The molecule has 0 radical (unpaired) electrons. The first kappa shape index (κ1) is 24.5. The number of aryl methyl sites for hydroxylation is 2. The molecule has 1 amide bonds. The molecule has 1 aromatic heterocycles. The molecule has 0 aliphatic carbocycles. The van der Waals surface area contributed by atoms with E-state index >= 15 is 0 Å². The van der Waals surface area contributed by atoms with Gasteiger partial charge in [0.15, 0.2) is 5.69 Å². The number of nitrogens with zero attached hydrogens (tertiary/aromatic N) is 4. The van der Waals surface area contributed by atoms with Crippen LogP contribution in [0.2, 0.25) is 0 Å². The highest BCUT2D eigenvalue weighted by Crippen LogP contribution is 2.29. The Morgan fingerprint density at radius 2 is 1.94 bits per heavy atom. The monoisotopic (exact) mass is 479 g/mol. The number of carbonyl (C=O) groups is 2. The molecular formula is C26H30FN5O3. The van der Waals surface area contributed by atoms with E-state index in [-0.39, 0.29) is 29.5 Å². The summed E-state index contributed by atoms with van der Waals surface area (Å²) >= 11 is 0. The molecule has 1 aliphatic heterocycles. The fourth-order valence-corrected chi connectivity index (χ4v) is 4.51. The molecule has 4 rings (SSSR count). The molecule has 35 heavy (non-hydrogen) atoms. The fraction of sp³-hybridized carbons (Fsp3) is 0.385. The van der Waals surface area contributed by atoms with Crippen molar-refractivity contribution in [3.63, 3.8) is 0 Å². The van der Waals surface area contributed by atoms with Gasteiger partial charge in [-0.05, 0) is 55.5 Å². The van der Waals surface area contributed by atoms with Gasteiger partial charge in [0.25, 0.3) is 0 Å². The Kier molecular flexibility index (Phi) is 7.55. The lowest BCUT2D eigenvalue weighted by molar-refractivity contribution is -0.125. The molecule has 0 saturated carbocycles. The van der Waals surface area contributed by atoms with E-state index in [4.69, 9.17) is 4.74 Å². The Hall–Kier alpha value is -3.59. The molecule has 0 unspecified atom stereocenters. The summed E-state index contributed by atoms with van der Waals surface area (Å²) in [5.74, 6) is -0.885. The minimum absolute atomic E-state index is 0.0623. The Morgan fingerprint density at radius 3 is 2.66 bits per heavy atom. The first-order valence-corrected chi connectivity index (χ1v) is 11.7. The number of esters is 1. The summed E-state index contributed by atoms with van der Waals surface area (Å²) in [5, 5.41) is 11.1. The lowest BCUT2D eigenvalue weighted by atomic mass is 10.0. The lowest BCUT2D eigenvalue weighted by Crippen LogP contribution is -2.43. The lowest BCUT2D eigenvalue weighted by Gasteiger charge is -2.24. The maximum absolute atomic E-state index is 13.2. The third kappa shape index (κ3) is 5.92. The van der Waals surface area contributed by atoms with Crippen molar-refractivity contribution in [2.75, 3.05) is 20.2 Å². The number of aromatic nitrogens is 3. The average molecular weight is 480 g/mol. The van der Waals surface area contributed by atoms with E-state index in [2.05, 4.69) is 52.6 Å². The van der Waals surface area contributed by atoms with Crippen molar-refractivity contribution in [1.29, 1.82) is 0 Å². The van der Waals surface area contributed by atoms with Crippen LogP contribution in [-0.2, 0) is 22.5 Å². The summed E-state index contributed by atoms with van der Waals surface area (Å²) in [6, 6.07) is 12.1. The molecule has 2 aromatic carbocycles. The zero-order chi connectivity index (χ0) is 24.9. The first-order valence-electron chi connectivity index (χ1n) is 11.7. The summed E-state index contributed by atoms with van der Waals surface area (Å²) in [6.45, 7) is 5.81. The zero-order valence-corrected chi connectivity index (χ0v) is 20.2. The highest BCUT2D eigenvalue weighted by Gasteiger charge is 2.38. The minimum atomic E-state index is -0.545. The molecule has 1 aliphatic rings. The summed E-state index contributed by atoms with van der Waals surface area (Å²) in [4.78, 5) is 27.2. The molecule has 8 nitrogen and oxygen atoms in total. The zero-order valence-electron chi connectivity index (χ0n) is 20.2. The van der Waals surface area contributed by atoms with Gasteiger partial charge in [0.05, 0.1) is 25.4 Å². The van der Waals surface area contributed by atoms with Gasteiger partial charge in [-0.3, -0.25) is 9.69 Å². The van der Waals surface area contributed by atoms with E-state index in [1.165, 1.54) is 30.4 Å². The smallest absolute Gasteiger partial charge is 0.360 e. The molecule has 3 aromatic rings. The SMILES string of the molecule is COC(=O)c1cn([C@@H]2C[C@@H](C(=O)NCCc3ccc(F)cc3)N(Cc3ccc(C)cc3C)C2)nn1. The van der Waals surface area contributed by atoms with Gasteiger partial charge < -0.3 is 10.1 Å². The van der Waals surface area contributed by atoms with Gasteiger partial charge in [-0.2, -0.15) is 0 Å². The Bertz CT molecular complexity index is 1190. The van der Waals surface area contributed by atoms with E-state index in [0.717, 1.165) is 11.1 Å². The first-order chi connectivity index (χ1) is 16.8. The number of likely N-dealkylation sites (tertiary alicyclic amines) is 1. The van der Waals surface area contributed by atoms with Crippen LogP contribution in [0.3, 0.4) is 0 Å². The number of benzene rings is 2. The van der Waals surface area contributed by atoms with Crippen LogP contribution in [0.5, 0.6) is 0 Å². The highest BCUT2D eigenvalue weighted by molar-refractivity contribution is 5.86. The van der Waals surface area contributed by atoms with Crippen LogP contribution in [0.4, 0.5) is 4.39 Å². The van der Waals surface area contributed by atoms with E-state index in [1.54, 1.807) is 23.0 Å². The molecule has 1 fully saturated rings. The third-order valence-corrected chi connectivity index (χ3v) is 6.46. The van der Waals surface area contributed by atoms with Crippen molar-refractivity contribution in [2.45, 2.75) is 45.3 Å². The number of nitrogens with one attached hydrogen (secondary N) is 1. The minimum Gasteiger partial charge on any atom is -0.464 e. The molecule has 184 valence electrons. The molecule has 2 heterocycles. The number of rotatable bonds is 8. The van der Waals surface area contributed by atoms with Crippen LogP contribution >= 0.6 is 0 Å². The van der Waals surface area contributed by atoms with Gasteiger partial charge in [-0.15, -0.1) is 5.10 Å². The molecule has 1 saturated heterocycles. The van der Waals surface area contributed by atoms with Crippen LogP contribution in [0.1, 0.15) is 45.2 Å². The Labute approximate surface area is 204 Å². The molecule has 0 bridgehead atoms. The molecule has 1 N–H and O–H groups in total. The number of amides is 1. The maximum atomic E-state index is 13.2. The quantitative estimate of drug-likeness (QED) is 0.500. The molecule has 2 atom stereocenters.